The van der Waals surface area contributed by atoms with E-state index in [9.17, 15) is 4.79 Å². The van der Waals surface area contributed by atoms with Crippen molar-refractivity contribution in [2.24, 2.45) is 4.99 Å². The van der Waals surface area contributed by atoms with E-state index in [-0.39, 0.29) is 11.5 Å². The monoisotopic (exact) mass is 459 g/mol. The van der Waals surface area contributed by atoms with E-state index >= 15 is 0 Å². The smallest absolute Gasteiger partial charge is 0.262 e. The molecular weight excluding hydrogens is 450 g/mol. The summed E-state index contributed by atoms with van der Waals surface area (Å²) in [6, 6.07) is 14.3. The number of aromatic nitrogens is 1. The zero-order chi connectivity index (χ0) is 18.8. The molecule has 2 aromatic heterocycles. The maximum absolute atomic E-state index is 12.8. The van der Waals surface area contributed by atoms with Crippen molar-refractivity contribution in [2.45, 2.75) is 0 Å². The highest BCUT2D eigenvalue weighted by Crippen LogP contribution is 2.21. The van der Waals surface area contributed by atoms with E-state index in [0.717, 1.165) is 4.47 Å². The third-order valence-corrected chi connectivity index (χ3v) is 5.12. The molecule has 0 saturated heterocycles. The van der Waals surface area contributed by atoms with Crippen LogP contribution in [0.2, 0.25) is 5.02 Å². The lowest BCUT2D eigenvalue weighted by Crippen LogP contribution is -2.21. The van der Waals surface area contributed by atoms with Gasteiger partial charge in [-0.05, 0) is 48.5 Å². The number of hydrogen-bond acceptors (Lipinski definition) is 5. The molecule has 0 atom stereocenters. The van der Waals surface area contributed by atoms with Crippen LogP contribution in [0.1, 0.15) is 10.4 Å². The van der Waals surface area contributed by atoms with Gasteiger partial charge in [0.2, 0.25) is 5.55 Å². The Kier molecular flexibility index (Phi) is 5.07. The molecule has 2 heterocycles. The van der Waals surface area contributed by atoms with Gasteiger partial charge in [-0.3, -0.25) is 10.1 Å². The molecule has 0 aliphatic carbocycles. The number of benzene rings is 2. The van der Waals surface area contributed by atoms with Crippen molar-refractivity contribution in [3.8, 4) is 0 Å². The predicted molar refractivity (Wildman–Crippen MR) is 111 cm³/mol. The van der Waals surface area contributed by atoms with Crippen molar-refractivity contribution in [2.75, 3.05) is 5.32 Å². The third kappa shape index (κ3) is 4.10. The Hall–Kier alpha value is -2.48. The van der Waals surface area contributed by atoms with Gasteiger partial charge in [0.25, 0.3) is 5.91 Å². The predicted octanol–water partition coefficient (Wildman–Crippen LogP) is 5.79. The number of hydrogen-bond donors (Lipinski definition) is 1. The average Bonchev–Trinajstić information content (AvgIpc) is 3.16. The van der Waals surface area contributed by atoms with Crippen LogP contribution in [0.5, 0.6) is 0 Å². The number of fused-ring (bicyclic) bond motifs is 1. The molecule has 5 nitrogen and oxygen atoms in total. The van der Waals surface area contributed by atoms with Gasteiger partial charge in [0, 0.05) is 26.5 Å². The number of amides is 1. The second kappa shape index (κ2) is 7.64. The van der Waals surface area contributed by atoms with Gasteiger partial charge in [-0.2, -0.15) is 0 Å². The summed E-state index contributed by atoms with van der Waals surface area (Å²) in [6.45, 7) is 0. The van der Waals surface area contributed by atoms with E-state index in [0.29, 0.717) is 32.4 Å². The van der Waals surface area contributed by atoms with Crippen molar-refractivity contribution < 1.29 is 9.21 Å². The molecule has 0 aliphatic rings. The lowest BCUT2D eigenvalue weighted by molar-refractivity contribution is 0.102. The minimum atomic E-state index is -0.355. The summed E-state index contributed by atoms with van der Waals surface area (Å²) in [4.78, 5) is 21.4. The Bertz CT molecular complexity index is 1190. The lowest BCUT2D eigenvalue weighted by Gasteiger charge is -2.05. The van der Waals surface area contributed by atoms with E-state index < -0.39 is 0 Å². The molecular formula is C19H11BrClN3O2S. The van der Waals surface area contributed by atoms with Crippen LogP contribution in [-0.2, 0) is 0 Å². The second-order valence-corrected chi connectivity index (χ2v) is 7.77. The van der Waals surface area contributed by atoms with E-state index in [1.54, 1.807) is 35.8 Å². The first-order chi connectivity index (χ1) is 13.1. The highest BCUT2D eigenvalue weighted by atomic mass is 79.9. The quantitative estimate of drug-likeness (QED) is 0.421. The number of anilines is 1. The molecule has 0 aliphatic heterocycles. The van der Waals surface area contributed by atoms with Crippen molar-refractivity contribution in [3.05, 3.63) is 80.7 Å². The molecule has 0 bridgehead atoms. The summed E-state index contributed by atoms with van der Waals surface area (Å²) < 4.78 is 6.85. The normalized spacial score (nSPS) is 11.7. The molecule has 1 N–H and O–H groups in total. The third-order valence-electron chi connectivity index (χ3n) is 3.66. The topological polar surface area (TPSA) is 67.5 Å². The maximum Gasteiger partial charge on any atom is 0.262 e. The fourth-order valence-electron chi connectivity index (χ4n) is 2.43. The first kappa shape index (κ1) is 17.9. The van der Waals surface area contributed by atoms with Crippen LogP contribution in [-0.4, -0.2) is 10.9 Å². The fraction of sp³-hybridized carbons (Fsp3) is 0. The Labute approximate surface area is 171 Å². The van der Waals surface area contributed by atoms with Crippen LogP contribution in [0.25, 0.3) is 11.0 Å². The van der Waals surface area contributed by atoms with Gasteiger partial charge in [-0.15, -0.1) is 11.3 Å². The molecule has 0 saturated carbocycles. The summed E-state index contributed by atoms with van der Waals surface area (Å²) in [6.07, 6.45) is 1.62. The molecule has 27 heavy (non-hydrogen) atoms. The molecule has 2 aromatic carbocycles. The zero-order valence-corrected chi connectivity index (χ0v) is 16.8. The number of carbonyl (C=O) groups excluding carboxylic acids is 1. The van der Waals surface area contributed by atoms with Gasteiger partial charge in [-0.25, -0.2) is 9.98 Å². The summed E-state index contributed by atoms with van der Waals surface area (Å²) in [5.74, 6) is -0.355. The minimum Gasteiger partial charge on any atom is -0.438 e. The van der Waals surface area contributed by atoms with E-state index in [2.05, 4.69) is 31.2 Å². The van der Waals surface area contributed by atoms with Crippen LogP contribution < -0.4 is 10.9 Å². The van der Waals surface area contributed by atoms with Gasteiger partial charge >= 0.3 is 0 Å². The van der Waals surface area contributed by atoms with Crippen LogP contribution in [0.3, 0.4) is 0 Å². The average molecular weight is 461 g/mol. The standard InChI is InChI=1S/C19H11BrClN3O2S/c20-12-1-4-14(5-2-12)23-18-15(17(25)24-19-22-7-8-27-19)10-11-9-13(21)3-6-16(11)26-18/h1-10H,(H,22,24,25). The number of thiazole rings is 1. The van der Waals surface area contributed by atoms with Crippen molar-refractivity contribution in [1.82, 2.24) is 4.98 Å². The number of carbonyl (C=O) groups is 1. The van der Waals surface area contributed by atoms with Gasteiger partial charge < -0.3 is 4.42 Å². The Morgan fingerprint density at radius 2 is 2.00 bits per heavy atom. The van der Waals surface area contributed by atoms with Crippen LogP contribution in [0.4, 0.5) is 10.8 Å². The molecule has 134 valence electrons. The van der Waals surface area contributed by atoms with Crippen LogP contribution in [0.15, 0.2) is 74.0 Å². The first-order valence-corrected chi connectivity index (χ1v) is 9.88. The number of rotatable bonds is 3. The number of nitrogens with one attached hydrogen (secondary N) is 1. The molecule has 1 amide bonds. The van der Waals surface area contributed by atoms with Crippen LogP contribution >= 0.6 is 38.9 Å². The molecule has 0 radical (unpaired) electrons. The molecule has 0 spiro atoms. The van der Waals surface area contributed by atoms with Gasteiger partial charge in [0.15, 0.2) is 5.13 Å². The van der Waals surface area contributed by atoms with Gasteiger partial charge in [0.05, 0.1) is 5.69 Å². The first-order valence-electron chi connectivity index (χ1n) is 7.83. The van der Waals surface area contributed by atoms with E-state index in [1.165, 1.54) is 11.3 Å². The van der Waals surface area contributed by atoms with Crippen LogP contribution in [0, 0.1) is 0 Å². The van der Waals surface area contributed by atoms with Crippen molar-refractivity contribution in [1.29, 1.82) is 0 Å². The number of nitrogens with zero attached hydrogens (tertiary/aromatic N) is 2. The second-order valence-electron chi connectivity index (χ2n) is 5.53. The van der Waals surface area contributed by atoms with Crippen molar-refractivity contribution >= 4 is 66.6 Å². The Balaban J connectivity index is 1.87. The van der Waals surface area contributed by atoms with E-state index in [4.69, 9.17) is 16.0 Å². The maximum atomic E-state index is 12.8. The fourth-order valence-corrected chi connectivity index (χ4v) is 3.40. The van der Waals surface area contributed by atoms with Crippen molar-refractivity contribution in [3.63, 3.8) is 0 Å². The van der Waals surface area contributed by atoms with Gasteiger partial charge in [-0.1, -0.05) is 27.5 Å². The molecule has 0 fully saturated rings. The van der Waals surface area contributed by atoms with E-state index in [1.807, 2.05) is 24.3 Å². The zero-order valence-electron chi connectivity index (χ0n) is 13.6. The molecule has 0 unspecified atom stereocenters. The molecule has 4 aromatic rings. The lowest BCUT2D eigenvalue weighted by atomic mass is 10.1. The molecule has 4 rings (SSSR count). The Morgan fingerprint density at radius 1 is 1.19 bits per heavy atom. The Morgan fingerprint density at radius 3 is 2.74 bits per heavy atom. The largest absolute Gasteiger partial charge is 0.438 e. The summed E-state index contributed by atoms with van der Waals surface area (Å²) in [7, 11) is 0. The van der Waals surface area contributed by atoms with Gasteiger partial charge in [0.1, 0.15) is 11.1 Å². The highest BCUT2D eigenvalue weighted by molar-refractivity contribution is 9.10. The summed E-state index contributed by atoms with van der Waals surface area (Å²) >= 11 is 10.8. The SMILES string of the molecule is O=C(Nc1nccs1)c1cc2cc(Cl)ccc2oc1=Nc1ccc(Br)cc1. The molecule has 8 heteroatoms. The number of halogens is 2. The minimum absolute atomic E-state index is 0.209. The summed E-state index contributed by atoms with van der Waals surface area (Å²) in [5, 5.41) is 6.31. The summed E-state index contributed by atoms with van der Waals surface area (Å²) in [5.41, 5.74) is 1.75. The highest BCUT2D eigenvalue weighted by Gasteiger charge is 2.14.